The van der Waals surface area contributed by atoms with Crippen LogP contribution in [-0.4, -0.2) is 15.6 Å². The van der Waals surface area contributed by atoms with Gasteiger partial charge in [0.15, 0.2) is 0 Å². The lowest BCUT2D eigenvalue weighted by atomic mass is 10.0. The van der Waals surface area contributed by atoms with Crippen molar-refractivity contribution in [2.24, 2.45) is 0 Å². The zero-order valence-electron chi connectivity index (χ0n) is 13.7. The van der Waals surface area contributed by atoms with E-state index in [4.69, 9.17) is 5.11 Å². The van der Waals surface area contributed by atoms with Gasteiger partial charge in [-0.2, -0.15) is 0 Å². The highest BCUT2D eigenvalue weighted by Crippen LogP contribution is 2.22. The summed E-state index contributed by atoms with van der Waals surface area (Å²) in [5.74, 6) is -0.789. The smallest absolute Gasteiger partial charge is 0.341 e. The van der Waals surface area contributed by atoms with E-state index in [0.717, 1.165) is 11.1 Å². The minimum atomic E-state index is -1.22. The number of pyridine rings is 1. The Balaban J connectivity index is 2.61. The largest absolute Gasteiger partial charge is 0.477 e. The molecule has 0 spiro atoms. The van der Waals surface area contributed by atoms with Gasteiger partial charge >= 0.3 is 5.97 Å². The molecule has 0 aliphatic carbocycles. The standard InChI is InChI=1S/C19H21NO3/c1-12(2)11-20-17(10-9-16(18(20)21)19(22)23)15-7-5-14(6-8-15)13(3)4/h5-10,13H,1,11H2,2-4H3,(H,22,23). The van der Waals surface area contributed by atoms with Gasteiger partial charge in [0.05, 0.1) is 5.69 Å². The van der Waals surface area contributed by atoms with Crippen molar-refractivity contribution < 1.29 is 9.90 Å². The molecule has 0 bridgehead atoms. The zero-order chi connectivity index (χ0) is 17.1. The molecular formula is C19H21NO3. The summed E-state index contributed by atoms with van der Waals surface area (Å²) in [4.78, 5) is 23.6. The van der Waals surface area contributed by atoms with Crippen molar-refractivity contribution in [2.45, 2.75) is 33.2 Å². The molecule has 0 amide bonds. The Labute approximate surface area is 135 Å². The van der Waals surface area contributed by atoms with E-state index >= 15 is 0 Å². The normalized spacial score (nSPS) is 10.8. The van der Waals surface area contributed by atoms with Crippen LogP contribution in [0.3, 0.4) is 0 Å². The van der Waals surface area contributed by atoms with Crippen molar-refractivity contribution >= 4 is 5.97 Å². The Morgan fingerprint density at radius 3 is 2.26 bits per heavy atom. The number of aromatic carboxylic acids is 1. The maximum atomic E-state index is 12.5. The van der Waals surface area contributed by atoms with Crippen molar-refractivity contribution in [3.8, 4) is 11.3 Å². The van der Waals surface area contributed by atoms with Crippen molar-refractivity contribution in [3.05, 3.63) is 70.0 Å². The van der Waals surface area contributed by atoms with Crippen LogP contribution < -0.4 is 5.56 Å². The Kier molecular flexibility index (Phi) is 4.84. The number of hydrogen-bond acceptors (Lipinski definition) is 2. The summed E-state index contributed by atoms with van der Waals surface area (Å²) in [5, 5.41) is 9.15. The van der Waals surface area contributed by atoms with Gasteiger partial charge in [-0.05, 0) is 36.1 Å². The van der Waals surface area contributed by atoms with Crippen molar-refractivity contribution in [1.82, 2.24) is 4.57 Å². The van der Waals surface area contributed by atoms with E-state index in [-0.39, 0.29) is 5.56 Å². The van der Waals surface area contributed by atoms with E-state index < -0.39 is 11.5 Å². The second-order valence-electron chi connectivity index (χ2n) is 6.06. The fraction of sp³-hybridized carbons (Fsp3) is 0.263. The molecule has 4 nitrogen and oxygen atoms in total. The SMILES string of the molecule is C=C(C)Cn1c(-c2ccc(C(C)C)cc2)ccc(C(=O)O)c1=O. The van der Waals surface area contributed by atoms with Crippen LogP contribution in [0.25, 0.3) is 11.3 Å². The number of benzene rings is 1. The highest BCUT2D eigenvalue weighted by atomic mass is 16.4. The summed E-state index contributed by atoms with van der Waals surface area (Å²) in [6.45, 7) is 10.2. The van der Waals surface area contributed by atoms with Crippen LogP contribution >= 0.6 is 0 Å². The Morgan fingerprint density at radius 2 is 1.78 bits per heavy atom. The van der Waals surface area contributed by atoms with Crippen LogP contribution in [0.15, 0.2) is 53.3 Å². The molecule has 0 saturated heterocycles. The predicted molar refractivity (Wildman–Crippen MR) is 92.0 cm³/mol. The summed E-state index contributed by atoms with van der Waals surface area (Å²) in [5.41, 5.74) is 2.84. The molecule has 2 aromatic rings. The second kappa shape index (κ2) is 6.65. The minimum absolute atomic E-state index is 0.228. The van der Waals surface area contributed by atoms with Crippen LogP contribution in [0.5, 0.6) is 0 Å². The molecule has 1 heterocycles. The molecule has 1 aromatic heterocycles. The van der Waals surface area contributed by atoms with Crippen molar-refractivity contribution in [3.63, 3.8) is 0 Å². The number of nitrogens with zero attached hydrogens (tertiary/aromatic N) is 1. The molecule has 0 unspecified atom stereocenters. The zero-order valence-corrected chi connectivity index (χ0v) is 13.7. The molecule has 1 N–H and O–H groups in total. The van der Waals surface area contributed by atoms with Crippen molar-refractivity contribution in [1.29, 1.82) is 0 Å². The van der Waals surface area contributed by atoms with E-state index in [2.05, 4.69) is 20.4 Å². The maximum Gasteiger partial charge on any atom is 0.341 e. The van der Waals surface area contributed by atoms with Crippen LogP contribution in [0.4, 0.5) is 0 Å². The third kappa shape index (κ3) is 3.59. The second-order valence-corrected chi connectivity index (χ2v) is 6.06. The molecule has 0 atom stereocenters. The number of carbonyl (C=O) groups is 1. The molecule has 120 valence electrons. The number of carboxylic acid groups (broad SMARTS) is 1. The van der Waals surface area contributed by atoms with E-state index in [1.165, 1.54) is 16.2 Å². The van der Waals surface area contributed by atoms with Gasteiger partial charge in [-0.3, -0.25) is 4.79 Å². The Morgan fingerprint density at radius 1 is 1.17 bits per heavy atom. The van der Waals surface area contributed by atoms with Gasteiger partial charge in [0.25, 0.3) is 5.56 Å². The fourth-order valence-corrected chi connectivity index (χ4v) is 2.46. The third-order valence-corrected chi connectivity index (χ3v) is 3.71. The van der Waals surface area contributed by atoms with Gasteiger partial charge in [0.2, 0.25) is 0 Å². The van der Waals surface area contributed by atoms with Gasteiger partial charge in [0.1, 0.15) is 5.56 Å². The molecule has 0 saturated carbocycles. The van der Waals surface area contributed by atoms with Crippen LogP contribution in [0.2, 0.25) is 0 Å². The average Bonchev–Trinajstić information content (AvgIpc) is 2.48. The molecule has 2 rings (SSSR count). The molecule has 4 heteroatoms. The first kappa shape index (κ1) is 16.7. The van der Waals surface area contributed by atoms with E-state index in [1.807, 2.05) is 31.2 Å². The number of carboxylic acids is 1. The summed E-state index contributed by atoms with van der Waals surface area (Å²) >= 11 is 0. The lowest BCUT2D eigenvalue weighted by molar-refractivity contribution is 0.0694. The molecule has 0 radical (unpaired) electrons. The topological polar surface area (TPSA) is 59.3 Å². The molecule has 23 heavy (non-hydrogen) atoms. The lowest BCUT2D eigenvalue weighted by Gasteiger charge is -2.15. The van der Waals surface area contributed by atoms with Crippen LogP contribution in [0, 0.1) is 0 Å². The van der Waals surface area contributed by atoms with Gasteiger partial charge in [-0.15, -0.1) is 0 Å². The van der Waals surface area contributed by atoms with Crippen LogP contribution in [0.1, 0.15) is 42.6 Å². The maximum absolute atomic E-state index is 12.5. The van der Waals surface area contributed by atoms with E-state index in [0.29, 0.717) is 18.2 Å². The average molecular weight is 311 g/mol. The van der Waals surface area contributed by atoms with E-state index in [9.17, 15) is 9.59 Å². The first-order valence-corrected chi connectivity index (χ1v) is 7.53. The number of hydrogen-bond donors (Lipinski definition) is 1. The highest BCUT2D eigenvalue weighted by molar-refractivity contribution is 5.87. The highest BCUT2D eigenvalue weighted by Gasteiger charge is 2.15. The first-order valence-electron chi connectivity index (χ1n) is 7.53. The first-order chi connectivity index (χ1) is 10.8. The van der Waals surface area contributed by atoms with E-state index in [1.54, 1.807) is 6.07 Å². The number of rotatable bonds is 5. The van der Waals surface area contributed by atoms with Gasteiger partial charge < -0.3 is 9.67 Å². The number of aromatic nitrogens is 1. The summed E-state index contributed by atoms with van der Waals surface area (Å²) in [6, 6.07) is 11.0. The molecule has 0 aliphatic rings. The molecular weight excluding hydrogens is 290 g/mol. The van der Waals surface area contributed by atoms with Crippen molar-refractivity contribution in [2.75, 3.05) is 0 Å². The lowest BCUT2D eigenvalue weighted by Crippen LogP contribution is -2.27. The van der Waals surface area contributed by atoms with Gasteiger partial charge in [-0.1, -0.05) is 50.3 Å². The van der Waals surface area contributed by atoms with Gasteiger partial charge in [-0.25, -0.2) is 4.79 Å². The quantitative estimate of drug-likeness (QED) is 0.852. The monoisotopic (exact) mass is 311 g/mol. The minimum Gasteiger partial charge on any atom is -0.477 e. The Bertz CT molecular complexity index is 798. The summed E-state index contributed by atoms with van der Waals surface area (Å²) < 4.78 is 1.47. The predicted octanol–water partition coefficient (Wildman–Crippen LogP) is 3.91. The molecule has 1 aromatic carbocycles. The summed E-state index contributed by atoms with van der Waals surface area (Å²) in [7, 11) is 0. The third-order valence-electron chi connectivity index (χ3n) is 3.71. The molecule has 0 aliphatic heterocycles. The number of allylic oxidation sites excluding steroid dienone is 1. The fourth-order valence-electron chi connectivity index (χ4n) is 2.46. The van der Waals surface area contributed by atoms with Crippen LogP contribution in [-0.2, 0) is 6.54 Å². The molecule has 0 fully saturated rings. The Hall–Kier alpha value is -2.62. The summed E-state index contributed by atoms with van der Waals surface area (Å²) in [6.07, 6.45) is 0. The van der Waals surface area contributed by atoms with Gasteiger partial charge in [0, 0.05) is 6.54 Å².